The topological polar surface area (TPSA) is 161 Å². The van der Waals surface area contributed by atoms with Crippen LogP contribution < -0.4 is 16.2 Å². The Hall–Kier alpha value is -5.69. The van der Waals surface area contributed by atoms with Gasteiger partial charge in [-0.15, -0.1) is 10.2 Å². The average Bonchev–Trinajstić information content (AvgIpc) is 3.61. The SMILES string of the molecule is CC(C)[C@H](NC(=O)Cn1c(-c2ccc(F)cc2)ncc(NC(=O)OCc2ccccc2)c1=O)C(O)c1nnc(C(C)(C)c2ccccc2)o1. The quantitative estimate of drug-likeness (QED) is 0.159. The average molecular weight is 669 g/mol. The molecule has 0 fully saturated rings. The number of hydrogen-bond acceptors (Lipinski definition) is 9. The molecule has 1 unspecified atom stereocenters. The molecule has 254 valence electrons. The summed E-state index contributed by atoms with van der Waals surface area (Å²) in [6.07, 6.45) is -1.13. The molecule has 3 aromatic carbocycles. The zero-order valence-corrected chi connectivity index (χ0v) is 27.5. The number of nitrogens with zero attached hydrogens (tertiary/aromatic N) is 4. The summed E-state index contributed by atoms with van der Waals surface area (Å²) in [4.78, 5) is 44.1. The van der Waals surface area contributed by atoms with E-state index < -0.39 is 47.5 Å². The number of benzene rings is 3. The highest BCUT2D eigenvalue weighted by atomic mass is 19.1. The summed E-state index contributed by atoms with van der Waals surface area (Å²) in [7, 11) is 0. The van der Waals surface area contributed by atoms with E-state index in [1.165, 1.54) is 24.3 Å². The Morgan fingerprint density at radius 2 is 1.63 bits per heavy atom. The molecule has 0 spiro atoms. The molecule has 2 aromatic heterocycles. The molecule has 0 aliphatic carbocycles. The second-order valence-corrected chi connectivity index (χ2v) is 12.3. The molecule has 0 aliphatic heterocycles. The molecule has 0 saturated heterocycles. The fourth-order valence-corrected chi connectivity index (χ4v) is 5.15. The van der Waals surface area contributed by atoms with E-state index in [2.05, 4.69) is 25.8 Å². The largest absolute Gasteiger partial charge is 0.444 e. The summed E-state index contributed by atoms with van der Waals surface area (Å²) in [6, 6.07) is 22.9. The highest BCUT2D eigenvalue weighted by Gasteiger charge is 2.34. The third-order valence-electron chi connectivity index (χ3n) is 8.01. The third kappa shape index (κ3) is 8.25. The summed E-state index contributed by atoms with van der Waals surface area (Å²) < 4.78 is 25.9. The Morgan fingerprint density at radius 1 is 0.980 bits per heavy atom. The predicted octanol–water partition coefficient (Wildman–Crippen LogP) is 5.38. The van der Waals surface area contributed by atoms with Crippen molar-refractivity contribution >= 4 is 17.7 Å². The molecule has 2 heterocycles. The van der Waals surface area contributed by atoms with Crippen molar-refractivity contribution in [3.63, 3.8) is 0 Å². The molecule has 0 radical (unpaired) electrons. The highest BCUT2D eigenvalue weighted by molar-refractivity contribution is 5.84. The number of halogens is 1. The van der Waals surface area contributed by atoms with Crippen molar-refractivity contribution in [2.45, 2.75) is 58.4 Å². The van der Waals surface area contributed by atoms with Crippen LogP contribution in [0.2, 0.25) is 0 Å². The van der Waals surface area contributed by atoms with E-state index in [1.807, 2.05) is 50.2 Å². The number of aliphatic hydroxyl groups excluding tert-OH is 1. The van der Waals surface area contributed by atoms with Crippen molar-refractivity contribution in [2.75, 3.05) is 5.32 Å². The third-order valence-corrected chi connectivity index (χ3v) is 8.01. The van der Waals surface area contributed by atoms with Crippen molar-refractivity contribution in [2.24, 2.45) is 5.92 Å². The zero-order chi connectivity index (χ0) is 35.1. The summed E-state index contributed by atoms with van der Waals surface area (Å²) in [5, 5.41) is 24.8. The number of anilines is 1. The molecule has 12 nitrogen and oxygen atoms in total. The van der Waals surface area contributed by atoms with Crippen molar-refractivity contribution < 1.29 is 28.2 Å². The smallest absolute Gasteiger partial charge is 0.412 e. The van der Waals surface area contributed by atoms with Gasteiger partial charge in [0.25, 0.3) is 5.56 Å². The maximum atomic E-state index is 13.7. The van der Waals surface area contributed by atoms with E-state index in [0.29, 0.717) is 5.56 Å². The Morgan fingerprint density at radius 3 is 2.29 bits per heavy atom. The first kappa shape index (κ1) is 34.6. The van der Waals surface area contributed by atoms with Crippen LogP contribution in [-0.2, 0) is 28.1 Å². The van der Waals surface area contributed by atoms with E-state index in [-0.39, 0.29) is 35.8 Å². The molecular formula is C36H37FN6O6. The van der Waals surface area contributed by atoms with Gasteiger partial charge in [0.05, 0.1) is 17.7 Å². The number of hydrogen-bond donors (Lipinski definition) is 3. The Labute approximate surface area is 282 Å². The van der Waals surface area contributed by atoms with Crippen LogP contribution in [0.15, 0.2) is 100 Å². The summed E-state index contributed by atoms with van der Waals surface area (Å²) in [5.41, 5.74) is 0.384. The minimum atomic E-state index is -1.38. The number of amides is 2. The lowest BCUT2D eigenvalue weighted by Gasteiger charge is -2.26. The van der Waals surface area contributed by atoms with Gasteiger partial charge < -0.3 is 19.6 Å². The summed E-state index contributed by atoms with van der Waals surface area (Å²) in [5.74, 6) is -1.21. The summed E-state index contributed by atoms with van der Waals surface area (Å²) in [6.45, 7) is 6.84. The first-order valence-corrected chi connectivity index (χ1v) is 15.6. The van der Waals surface area contributed by atoms with E-state index >= 15 is 0 Å². The van der Waals surface area contributed by atoms with Gasteiger partial charge in [-0.2, -0.15) is 0 Å². The Bertz CT molecular complexity index is 1940. The van der Waals surface area contributed by atoms with Crippen LogP contribution in [0.1, 0.15) is 56.7 Å². The van der Waals surface area contributed by atoms with E-state index in [9.17, 15) is 23.9 Å². The fourth-order valence-electron chi connectivity index (χ4n) is 5.15. The van der Waals surface area contributed by atoms with Gasteiger partial charge in [-0.25, -0.2) is 14.2 Å². The van der Waals surface area contributed by atoms with Gasteiger partial charge in [-0.05, 0) is 55.2 Å². The van der Waals surface area contributed by atoms with Gasteiger partial charge in [-0.3, -0.25) is 19.5 Å². The molecule has 5 rings (SSSR count). The molecule has 0 aliphatic rings. The minimum absolute atomic E-state index is 0.0332. The number of aromatic nitrogens is 4. The van der Waals surface area contributed by atoms with Crippen LogP contribution in [0.4, 0.5) is 14.9 Å². The van der Waals surface area contributed by atoms with E-state index in [0.717, 1.165) is 21.9 Å². The van der Waals surface area contributed by atoms with Gasteiger partial charge in [-0.1, -0.05) is 74.5 Å². The molecule has 13 heteroatoms. The Balaban J connectivity index is 1.37. The summed E-state index contributed by atoms with van der Waals surface area (Å²) >= 11 is 0. The second kappa shape index (κ2) is 15.0. The molecule has 0 saturated carbocycles. The number of aliphatic hydroxyl groups is 1. The fraction of sp³-hybridized carbons (Fsp3) is 0.278. The first-order valence-electron chi connectivity index (χ1n) is 15.6. The monoisotopic (exact) mass is 668 g/mol. The number of ether oxygens (including phenoxy) is 1. The maximum absolute atomic E-state index is 13.7. The second-order valence-electron chi connectivity index (χ2n) is 12.3. The molecule has 3 N–H and O–H groups in total. The van der Waals surface area contributed by atoms with Gasteiger partial charge in [0.2, 0.25) is 17.7 Å². The number of rotatable bonds is 12. The minimum Gasteiger partial charge on any atom is -0.444 e. The van der Waals surface area contributed by atoms with Gasteiger partial charge in [0.1, 0.15) is 30.5 Å². The van der Waals surface area contributed by atoms with Crippen LogP contribution >= 0.6 is 0 Å². The molecule has 49 heavy (non-hydrogen) atoms. The normalized spacial score (nSPS) is 12.7. The van der Waals surface area contributed by atoms with E-state index in [4.69, 9.17) is 9.15 Å². The lowest BCUT2D eigenvalue weighted by Crippen LogP contribution is -2.45. The van der Waals surface area contributed by atoms with Crippen molar-refractivity contribution in [1.29, 1.82) is 0 Å². The number of carbonyl (C=O) groups excluding carboxylic acids is 2. The van der Waals surface area contributed by atoms with Gasteiger partial charge >= 0.3 is 6.09 Å². The Kier molecular flexibility index (Phi) is 10.6. The van der Waals surface area contributed by atoms with Gasteiger partial charge in [0.15, 0.2) is 6.10 Å². The van der Waals surface area contributed by atoms with Crippen LogP contribution in [0, 0.1) is 11.7 Å². The van der Waals surface area contributed by atoms with Crippen LogP contribution in [-0.4, -0.2) is 42.9 Å². The highest BCUT2D eigenvalue weighted by Crippen LogP contribution is 2.32. The van der Waals surface area contributed by atoms with E-state index in [1.54, 1.807) is 38.1 Å². The molecule has 5 aromatic rings. The maximum Gasteiger partial charge on any atom is 0.412 e. The van der Waals surface area contributed by atoms with Crippen LogP contribution in [0.5, 0.6) is 0 Å². The van der Waals surface area contributed by atoms with Crippen molar-refractivity contribution in [3.05, 3.63) is 130 Å². The standard InChI is InChI=1S/C36H37FN6O6/c1-22(2)29(30(45)32-41-42-34(49-32)36(3,4)25-13-9-6-10-14-25)40-28(44)20-43-31(24-15-17-26(37)18-16-24)38-19-27(33(43)46)39-35(47)48-21-23-11-7-5-8-12-23/h5-19,22,29-30,45H,20-21H2,1-4H3,(H,39,47)(H,40,44)/t29-,30?/m0/s1. The van der Waals surface area contributed by atoms with Crippen molar-refractivity contribution in [1.82, 2.24) is 25.1 Å². The molecular weight excluding hydrogens is 631 g/mol. The zero-order valence-electron chi connectivity index (χ0n) is 27.5. The lowest BCUT2D eigenvalue weighted by atomic mass is 9.85. The van der Waals surface area contributed by atoms with Gasteiger partial charge in [0, 0.05) is 5.56 Å². The van der Waals surface area contributed by atoms with Crippen molar-refractivity contribution in [3.8, 4) is 11.4 Å². The molecule has 2 amide bonds. The van der Waals surface area contributed by atoms with Crippen LogP contribution in [0.25, 0.3) is 11.4 Å². The number of carbonyl (C=O) groups is 2. The first-order chi connectivity index (χ1) is 23.4. The molecule has 0 bridgehead atoms. The lowest BCUT2D eigenvalue weighted by molar-refractivity contribution is -0.124. The molecule has 2 atom stereocenters. The predicted molar refractivity (Wildman–Crippen MR) is 179 cm³/mol. The number of nitrogens with one attached hydrogen (secondary N) is 2. The van der Waals surface area contributed by atoms with Crippen LogP contribution in [0.3, 0.4) is 0 Å².